The molecular formula is C14H11BrClNO2. The van der Waals surface area contributed by atoms with Crippen LogP contribution in [0.3, 0.4) is 0 Å². The molecule has 0 saturated carbocycles. The Labute approximate surface area is 124 Å². The van der Waals surface area contributed by atoms with Crippen molar-refractivity contribution in [3.05, 3.63) is 63.1 Å². The normalized spacial score (nSPS) is 10.2. The molecule has 0 aliphatic heterocycles. The Bertz CT molecular complexity index is 616. The Morgan fingerprint density at radius 2 is 2.00 bits per heavy atom. The molecule has 0 heterocycles. The summed E-state index contributed by atoms with van der Waals surface area (Å²) in [4.78, 5) is 11.1. The molecule has 5 heteroatoms. The van der Waals surface area contributed by atoms with Gasteiger partial charge in [0, 0.05) is 21.7 Å². The predicted molar refractivity (Wildman–Crippen MR) is 79.9 cm³/mol. The van der Waals surface area contributed by atoms with E-state index in [-0.39, 0.29) is 5.56 Å². The molecule has 0 radical (unpaired) electrons. The van der Waals surface area contributed by atoms with Crippen molar-refractivity contribution in [2.45, 2.75) is 6.54 Å². The van der Waals surface area contributed by atoms with Gasteiger partial charge in [0.2, 0.25) is 0 Å². The average molecular weight is 341 g/mol. The number of hydrogen-bond acceptors (Lipinski definition) is 2. The smallest absolute Gasteiger partial charge is 0.337 e. The summed E-state index contributed by atoms with van der Waals surface area (Å²) in [6, 6.07) is 12.5. The lowest BCUT2D eigenvalue weighted by Crippen LogP contribution is -2.06. The standard InChI is InChI=1S/C14H11BrClNO2/c15-12-4-2-1-3-9(12)8-17-13-6-5-10(16)7-11(13)14(18)19/h1-7,17H,8H2,(H,18,19). The minimum Gasteiger partial charge on any atom is -0.478 e. The van der Waals surface area contributed by atoms with Crippen LogP contribution in [0.4, 0.5) is 5.69 Å². The highest BCUT2D eigenvalue weighted by atomic mass is 79.9. The first-order valence-corrected chi connectivity index (χ1v) is 6.75. The summed E-state index contributed by atoms with van der Waals surface area (Å²) >= 11 is 9.26. The number of carboxylic acid groups (broad SMARTS) is 1. The highest BCUT2D eigenvalue weighted by Gasteiger charge is 2.10. The maximum atomic E-state index is 11.1. The van der Waals surface area contributed by atoms with Gasteiger partial charge in [0.1, 0.15) is 0 Å². The van der Waals surface area contributed by atoms with E-state index in [1.165, 1.54) is 6.07 Å². The van der Waals surface area contributed by atoms with Gasteiger partial charge in [0.05, 0.1) is 5.56 Å². The van der Waals surface area contributed by atoms with Crippen molar-refractivity contribution in [3.63, 3.8) is 0 Å². The van der Waals surface area contributed by atoms with Gasteiger partial charge in [-0.05, 0) is 29.8 Å². The van der Waals surface area contributed by atoms with Crippen LogP contribution in [-0.4, -0.2) is 11.1 Å². The number of benzene rings is 2. The number of nitrogens with one attached hydrogen (secondary N) is 1. The number of aromatic carboxylic acids is 1. The van der Waals surface area contributed by atoms with Crippen LogP contribution < -0.4 is 5.32 Å². The van der Waals surface area contributed by atoms with Crippen LogP contribution in [-0.2, 0) is 6.54 Å². The fraction of sp³-hybridized carbons (Fsp3) is 0.0714. The fourth-order valence-electron chi connectivity index (χ4n) is 1.68. The van der Waals surface area contributed by atoms with Crippen LogP contribution in [0.5, 0.6) is 0 Å². The van der Waals surface area contributed by atoms with Crippen molar-refractivity contribution >= 4 is 39.2 Å². The van der Waals surface area contributed by atoms with Gasteiger partial charge in [-0.15, -0.1) is 0 Å². The molecule has 0 aliphatic rings. The van der Waals surface area contributed by atoms with Crippen LogP contribution in [0.2, 0.25) is 5.02 Å². The van der Waals surface area contributed by atoms with Crippen LogP contribution in [0.25, 0.3) is 0 Å². The van der Waals surface area contributed by atoms with Gasteiger partial charge in [-0.25, -0.2) is 4.79 Å². The van der Waals surface area contributed by atoms with E-state index in [0.29, 0.717) is 17.3 Å². The summed E-state index contributed by atoms with van der Waals surface area (Å²) in [6.45, 7) is 0.531. The monoisotopic (exact) mass is 339 g/mol. The van der Waals surface area contributed by atoms with Crippen molar-refractivity contribution < 1.29 is 9.90 Å². The van der Waals surface area contributed by atoms with E-state index in [9.17, 15) is 4.79 Å². The van der Waals surface area contributed by atoms with Crippen molar-refractivity contribution in [2.24, 2.45) is 0 Å². The topological polar surface area (TPSA) is 49.3 Å². The number of halogens is 2. The minimum absolute atomic E-state index is 0.166. The fourth-order valence-corrected chi connectivity index (χ4v) is 2.28. The average Bonchev–Trinajstić information content (AvgIpc) is 2.38. The molecule has 0 unspecified atom stereocenters. The number of carboxylic acids is 1. The predicted octanol–water partition coefficient (Wildman–Crippen LogP) is 4.41. The number of anilines is 1. The lowest BCUT2D eigenvalue weighted by atomic mass is 10.1. The van der Waals surface area contributed by atoms with E-state index < -0.39 is 5.97 Å². The van der Waals surface area contributed by atoms with E-state index in [1.54, 1.807) is 12.1 Å². The van der Waals surface area contributed by atoms with Crippen LogP contribution in [0, 0.1) is 0 Å². The first kappa shape index (κ1) is 13.9. The van der Waals surface area contributed by atoms with Crippen LogP contribution in [0.15, 0.2) is 46.9 Å². The van der Waals surface area contributed by atoms with E-state index in [1.807, 2.05) is 24.3 Å². The number of rotatable bonds is 4. The highest BCUT2D eigenvalue weighted by molar-refractivity contribution is 9.10. The van der Waals surface area contributed by atoms with Gasteiger partial charge in [-0.1, -0.05) is 45.7 Å². The Morgan fingerprint density at radius 1 is 1.26 bits per heavy atom. The molecule has 2 aromatic carbocycles. The quantitative estimate of drug-likeness (QED) is 0.866. The molecule has 0 aliphatic carbocycles. The van der Waals surface area contributed by atoms with Crippen molar-refractivity contribution in [2.75, 3.05) is 5.32 Å². The largest absolute Gasteiger partial charge is 0.478 e. The highest BCUT2D eigenvalue weighted by Crippen LogP contribution is 2.23. The van der Waals surface area contributed by atoms with Gasteiger partial charge in [0.15, 0.2) is 0 Å². The second-order valence-corrected chi connectivity index (χ2v) is 5.23. The zero-order valence-corrected chi connectivity index (χ0v) is 12.2. The third-order valence-corrected chi connectivity index (χ3v) is 3.65. The van der Waals surface area contributed by atoms with Gasteiger partial charge in [-0.3, -0.25) is 0 Å². The van der Waals surface area contributed by atoms with Gasteiger partial charge >= 0.3 is 5.97 Å². The zero-order chi connectivity index (χ0) is 13.8. The zero-order valence-electron chi connectivity index (χ0n) is 9.86. The molecular weight excluding hydrogens is 330 g/mol. The maximum absolute atomic E-state index is 11.1. The third-order valence-electron chi connectivity index (χ3n) is 2.64. The van der Waals surface area contributed by atoms with Crippen LogP contribution in [0.1, 0.15) is 15.9 Å². The molecule has 0 aromatic heterocycles. The molecule has 0 bridgehead atoms. The van der Waals surface area contributed by atoms with Crippen LogP contribution >= 0.6 is 27.5 Å². The Morgan fingerprint density at radius 3 is 2.68 bits per heavy atom. The SMILES string of the molecule is O=C(O)c1cc(Cl)ccc1NCc1ccccc1Br. The minimum atomic E-state index is -1.00. The second kappa shape index (κ2) is 6.08. The number of carbonyl (C=O) groups is 1. The van der Waals surface area contributed by atoms with Crippen molar-refractivity contribution in [1.29, 1.82) is 0 Å². The molecule has 0 spiro atoms. The number of hydrogen-bond donors (Lipinski definition) is 2. The van der Waals surface area contributed by atoms with E-state index >= 15 is 0 Å². The molecule has 2 rings (SSSR count). The van der Waals surface area contributed by atoms with Gasteiger partial charge in [-0.2, -0.15) is 0 Å². The third kappa shape index (κ3) is 3.49. The molecule has 3 nitrogen and oxygen atoms in total. The first-order valence-electron chi connectivity index (χ1n) is 5.58. The van der Waals surface area contributed by atoms with Gasteiger partial charge in [0.25, 0.3) is 0 Å². The second-order valence-electron chi connectivity index (χ2n) is 3.94. The summed E-state index contributed by atoms with van der Waals surface area (Å²) in [5, 5.41) is 12.6. The summed E-state index contributed by atoms with van der Waals surface area (Å²) in [5.41, 5.74) is 1.76. The maximum Gasteiger partial charge on any atom is 0.337 e. The van der Waals surface area contributed by atoms with Crippen molar-refractivity contribution in [1.82, 2.24) is 0 Å². The first-order chi connectivity index (χ1) is 9.08. The molecule has 2 N–H and O–H groups in total. The molecule has 0 atom stereocenters. The summed E-state index contributed by atoms with van der Waals surface area (Å²) in [7, 11) is 0. The van der Waals surface area contributed by atoms with E-state index in [0.717, 1.165) is 10.0 Å². The van der Waals surface area contributed by atoms with Gasteiger partial charge < -0.3 is 10.4 Å². The molecule has 19 heavy (non-hydrogen) atoms. The Kier molecular flexibility index (Phi) is 4.45. The van der Waals surface area contributed by atoms with E-state index in [4.69, 9.17) is 16.7 Å². The summed E-state index contributed by atoms with van der Waals surface area (Å²) < 4.78 is 0.980. The molecule has 98 valence electrons. The molecule has 0 amide bonds. The Balaban J connectivity index is 2.20. The molecule has 2 aromatic rings. The summed E-state index contributed by atoms with van der Waals surface area (Å²) in [5.74, 6) is -1.00. The molecule has 0 saturated heterocycles. The summed E-state index contributed by atoms with van der Waals surface area (Å²) in [6.07, 6.45) is 0. The lowest BCUT2D eigenvalue weighted by Gasteiger charge is -2.11. The van der Waals surface area contributed by atoms with Crippen molar-refractivity contribution in [3.8, 4) is 0 Å². The Hall–Kier alpha value is -1.52. The molecule has 0 fully saturated rings. The lowest BCUT2D eigenvalue weighted by molar-refractivity contribution is 0.0698. The van der Waals surface area contributed by atoms with E-state index in [2.05, 4.69) is 21.2 Å².